The van der Waals surface area contributed by atoms with Crippen LogP contribution in [-0.4, -0.2) is 17.7 Å². The van der Waals surface area contributed by atoms with Crippen LogP contribution in [0.15, 0.2) is 24.3 Å². The second kappa shape index (κ2) is 9.19. The van der Waals surface area contributed by atoms with Gasteiger partial charge in [0.1, 0.15) is 0 Å². The molecule has 0 aliphatic carbocycles. The Morgan fingerprint density at radius 1 is 0.759 bits per heavy atom. The van der Waals surface area contributed by atoms with E-state index in [9.17, 15) is 14.2 Å². The molecule has 4 nitrogen and oxygen atoms in total. The van der Waals surface area contributed by atoms with Gasteiger partial charge in [0.15, 0.2) is 0 Å². The zero-order valence-electron chi connectivity index (χ0n) is 18.5. The van der Waals surface area contributed by atoms with Crippen molar-refractivity contribution in [1.29, 1.82) is 0 Å². The molecule has 0 atom stereocenters. The molecule has 0 amide bonds. The van der Waals surface area contributed by atoms with Crippen molar-refractivity contribution in [3.05, 3.63) is 68.8 Å². The highest BCUT2D eigenvalue weighted by Crippen LogP contribution is 2.54. The van der Waals surface area contributed by atoms with E-state index in [0.717, 1.165) is 17.5 Å². The summed E-state index contributed by atoms with van der Waals surface area (Å²) in [6.07, 6.45) is 1.44. The summed E-state index contributed by atoms with van der Waals surface area (Å²) in [5, 5.41) is 0. The zero-order valence-corrected chi connectivity index (χ0v) is 19.4. The summed E-state index contributed by atoms with van der Waals surface area (Å²) >= 11 is 0. The summed E-state index contributed by atoms with van der Waals surface area (Å²) in [6, 6.07) is 7.46. The Kier molecular flexibility index (Phi) is 7.37. The number of carbonyl (C=O) groups excluding carboxylic acids is 2. The molecule has 0 bridgehead atoms. The van der Waals surface area contributed by atoms with Gasteiger partial charge in [-0.05, 0) is 70.2 Å². The first-order chi connectivity index (χ1) is 13.5. The topological polar surface area (TPSA) is 60.4 Å². The number of rotatable bonds is 8. The molecular formula is C24H31O4P. The van der Waals surface area contributed by atoms with E-state index in [2.05, 4.69) is 0 Å². The quantitative estimate of drug-likeness (QED) is 0.360. The Bertz CT molecular complexity index is 884. The predicted octanol–water partition coefficient (Wildman–Crippen LogP) is 6.61. The summed E-state index contributed by atoms with van der Waals surface area (Å²) in [6.45, 7) is 13.2. The lowest BCUT2D eigenvalue weighted by Crippen LogP contribution is -2.17. The van der Waals surface area contributed by atoms with Crippen LogP contribution >= 0.6 is 7.37 Å². The lowest BCUT2D eigenvalue weighted by Gasteiger charge is -2.21. The Balaban J connectivity index is 2.65. The van der Waals surface area contributed by atoms with Crippen molar-refractivity contribution in [2.75, 3.05) is 6.61 Å². The Hall–Kier alpha value is -2.03. The number of benzene rings is 2. The second-order valence-corrected chi connectivity index (χ2v) is 10.1. The van der Waals surface area contributed by atoms with Gasteiger partial charge in [-0.1, -0.05) is 48.7 Å². The van der Waals surface area contributed by atoms with E-state index in [1.54, 1.807) is 27.7 Å². The number of hydrogen-bond acceptors (Lipinski definition) is 4. The van der Waals surface area contributed by atoms with Gasteiger partial charge in [-0.25, -0.2) is 0 Å². The fraction of sp³-hybridized carbons (Fsp3) is 0.417. The summed E-state index contributed by atoms with van der Waals surface area (Å²) in [5.74, 6) is 0. The first kappa shape index (κ1) is 23.3. The van der Waals surface area contributed by atoms with Crippen LogP contribution < -0.4 is 0 Å². The second-order valence-electron chi connectivity index (χ2n) is 7.90. The lowest BCUT2D eigenvalue weighted by molar-refractivity contribution is 0.0993. The van der Waals surface area contributed by atoms with Crippen molar-refractivity contribution in [1.82, 2.24) is 0 Å². The van der Waals surface area contributed by atoms with Crippen LogP contribution in [0.2, 0.25) is 0 Å². The van der Waals surface area contributed by atoms with Crippen LogP contribution in [0.25, 0.3) is 0 Å². The van der Waals surface area contributed by atoms with Gasteiger partial charge in [0.25, 0.3) is 11.0 Å². The van der Waals surface area contributed by atoms with E-state index in [0.29, 0.717) is 39.8 Å². The molecule has 0 N–H and O–H groups in total. The molecule has 0 heterocycles. The van der Waals surface area contributed by atoms with Crippen molar-refractivity contribution in [3.8, 4) is 0 Å². The van der Waals surface area contributed by atoms with E-state index in [4.69, 9.17) is 4.52 Å². The van der Waals surface area contributed by atoms with Crippen LogP contribution in [0.1, 0.15) is 73.9 Å². The zero-order chi connectivity index (χ0) is 21.9. The third-order valence-electron chi connectivity index (χ3n) is 5.09. The van der Waals surface area contributed by atoms with Gasteiger partial charge in [0, 0.05) is 11.1 Å². The van der Waals surface area contributed by atoms with Gasteiger partial charge >= 0.3 is 7.37 Å². The molecule has 0 radical (unpaired) electrons. The van der Waals surface area contributed by atoms with E-state index in [1.807, 2.05) is 45.0 Å². The molecule has 29 heavy (non-hydrogen) atoms. The van der Waals surface area contributed by atoms with E-state index < -0.39 is 18.4 Å². The number of unbranched alkanes of at least 4 members (excludes halogenated alkanes) is 1. The molecule has 0 aliphatic rings. The summed E-state index contributed by atoms with van der Waals surface area (Å²) < 4.78 is 19.6. The maximum atomic E-state index is 13.9. The molecule has 0 unspecified atom stereocenters. The number of aryl methyl sites for hydroxylation is 6. The monoisotopic (exact) mass is 414 g/mol. The third-order valence-corrected chi connectivity index (χ3v) is 7.15. The average molecular weight is 414 g/mol. The molecule has 2 aromatic carbocycles. The van der Waals surface area contributed by atoms with Gasteiger partial charge in [0.2, 0.25) is 0 Å². The SMILES string of the molecule is CCCCOP(=O)(C(=O)c1c(C)cc(C)cc1C)C(=O)c1c(C)cc(C)cc1C. The molecule has 0 fully saturated rings. The number of carbonyl (C=O) groups is 2. The van der Waals surface area contributed by atoms with Crippen molar-refractivity contribution in [3.63, 3.8) is 0 Å². The first-order valence-corrected chi connectivity index (χ1v) is 11.7. The molecule has 0 aromatic heterocycles. The van der Waals surface area contributed by atoms with Crippen molar-refractivity contribution in [2.24, 2.45) is 0 Å². The molecule has 156 valence electrons. The van der Waals surface area contributed by atoms with Crippen LogP contribution in [0.5, 0.6) is 0 Å². The van der Waals surface area contributed by atoms with Crippen LogP contribution in [-0.2, 0) is 9.09 Å². The highest BCUT2D eigenvalue weighted by Gasteiger charge is 2.44. The van der Waals surface area contributed by atoms with E-state index in [1.165, 1.54) is 0 Å². The van der Waals surface area contributed by atoms with Crippen LogP contribution in [0, 0.1) is 41.5 Å². The van der Waals surface area contributed by atoms with Gasteiger partial charge in [-0.2, -0.15) is 0 Å². The standard InChI is InChI=1S/C24H31O4P/c1-8-9-10-28-29(27,23(25)21-17(4)11-15(2)12-18(21)5)24(26)22-19(6)13-16(3)14-20(22)7/h11-14H,8-10H2,1-7H3. The van der Waals surface area contributed by atoms with Crippen LogP contribution in [0.3, 0.4) is 0 Å². The fourth-order valence-corrected chi connectivity index (χ4v) is 5.98. The van der Waals surface area contributed by atoms with Crippen molar-refractivity contribution >= 4 is 18.4 Å². The van der Waals surface area contributed by atoms with E-state index >= 15 is 0 Å². The summed E-state index contributed by atoms with van der Waals surface area (Å²) in [5.41, 5.74) is 4.09. The molecular weight excluding hydrogens is 383 g/mol. The van der Waals surface area contributed by atoms with Crippen molar-refractivity contribution < 1.29 is 18.7 Å². The highest BCUT2D eigenvalue weighted by atomic mass is 31.2. The normalized spacial score (nSPS) is 11.6. The molecule has 0 saturated carbocycles. The molecule has 0 spiro atoms. The molecule has 0 saturated heterocycles. The molecule has 5 heteroatoms. The molecule has 0 aliphatic heterocycles. The highest BCUT2D eigenvalue weighted by molar-refractivity contribution is 7.91. The first-order valence-electron chi connectivity index (χ1n) is 10.0. The third kappa shape index (κ3) is 4.76. The average Bonchev–Trinajstić information content (AvgIpc) is 2.59. The maximum Gasteiger partial charge on any atom is 0.340 e. The lowest BCUT2D eigenvalue weighted by atomic mass is 10.0. The Morgan fingerprint density at radius 2 is 1.10 bits per heavy atom. The summed E-state index contributed by atoms with van der Waals surface area (Å²) in [4.78, 5) is 27.0. The largest absolute Gasteiger partial charge is 0.340 e. The Labute approximate surface area is 174 Å². The van der Waals surface area contributed by atoms with Crippen molar-refractivity contribution in [2.45, 2.75) is 61.3 Å². The van der Waals surface area contributed by atoms with Gasteiger partial charge in [0.05, 0.1) is 6.61 Å². The minimum atomic E-state index is -4.29. The van der Waals surface area contributed by atoms with Gasteiger partial charge in [-0.3, -0.25) is 14.2 Å². The Morgan fingerprint density at radius 3 is 1.41 bits per heavy atom. The van der Waals surface area contributed by atoms with Gasteiger partial charge < -0.3 is 4.52 Å². The van der Waals surface area contributed by atoms with Crippen LogP contribution in [0.4, 0.5) is 0 Å². The predicted molar refractivity (Wildman–Crippen MR) is 118 cm³/mol. The maximum absolute atomic E-state index is 13.9. The minimum Gasteiger partial charge on any atom is -0.318 e. The van der Waals surface area contributed by atoms with E-state index in [-0.39, 0.29) is 6.61 Å². The minimum absolute atomic E-state index is 0.110. The van der Waals surface area contributed by atoms with Gasteiger partial charge in [-0.15, -0.1) is 0 Å². The number of hydrogen-bond donors (Lipinski definition) is 0. The summed E-state index contributed by atoms with van der Waals surface area (Å²) in [7, 11) is -4.29. The molecule has 2 aromatic rings. The molecule has 2 rings (SSSR count). The smallest absolute Gasteiger partial charge is 0.318 e. The fourth-order valence-electron chi connectivity index (χ4n) is 3.88.